The van der Waals surface area contributed by atoms with Crippen molar-refractivity contribution in [3.05, 3.63) is 53.1 Å². The van der Waals surface area contributed by atoms with Gasteiger partial charge in [0.25, 0.3) is 0 Å². The molecule has 1 aromatic carbocycles. The van der Waals surface area contributed by atoms with Gasteiger partial charge in [0.05, 0.1) is 35.2 Å². The van der Waals surface area contributed by atoms with E-state index in [0.717, 1.165) is 53.8 Å². The van der Waals surface area contributed by atoms with Crippen LogP contribution in [0.15, 0.2) is 30.5 Å². The van der Waals surface area contributed by atoms with Crippen molar-refractivity contribution in [3.63, 3.8) is 0 Å². The van der Waals surface area contributed by atoms with Crippen molar-refractivity contribution in [3.8, 4) is 0 Å². The molecular formula is C22H26FN5O. The zero-order chi connectivity index (χ0) is 20.5. The van der Waals surface area contributed by atoms with Crippen LogP contribution in [0.3, 0.4) is 0 Å². The molecule has 0 bridgehead atoms. The summed E-state index contributed by atoms with van der Waals surface area (Å²) in [5.41, 5.74) is 4.08. The lowest BCUT2D eigenvalue weighted by Crippen LogP contribution is -2.35. The molecule has 3 heterocycles. The summed E-state index contributed by atoms with van der Waals surface area (Å²) in [7, 11) is 0. The van der Waals surface area contributed by atoms with Gasteiger partial charge in [0.1, 0.15) is 5.82 Å². The van der Waals surface area contributed by atoms with Crippen LogP contribution in [-0.4, -0.2) is 39.5 Å². The predicted octanol–water partition coefficient (Wildman–Crippen LogP) is 3.91. The van der Waals surface area contributed by atoms with E-state index in [0.29, 0.717) is 11.4 Å². The Bertz CT molecular complexity index is 1030. The molecule has 0 saturated carbocycles. The fourth-order valence-corrected chi connectivity index (χ4v) is 3.93. The Kier molecular flexibility index (Phi) is 5.32. The first-order valence-corrected chi connectivity index (χ1v) is 10.0. The summed E-state index contributed by atoms with van der Waals surface area (Å²) in [5, 5.41) is 22.7. The largest absolute Gasteiger partial charge is 0.393 e. The topological polar surface area (TPSA) is 74.2 Å². The molecule has 0 aliphatic carbocycles. The lowest BCUT2D eigenvalue weighted by atomic mass is 10.0. The first-order valence-electron chi connectivity index (χ1n) is 10.0. The molecule has 1 atom stereocenters. The fourth-order valence-electron chi connectivity index (χ4n) is 3.93. The molecule has 0 amide bonds. The highest BCUT2D eigenvalue weighted by atomic mass is 19.1. The second-order valence-electron chi connectivity index (χ2n) is 7.76. The summed E-state index contributed by atoms with van der Waals surface area (Å²) in [6, 6.07) is 7.05. The summed E-state index contributed by atoms with van der Waals surface area (Å²) in [4.78, 5) is 6.88. The molecule has 1 fully saturated rings. The van der Waals surface area contributed by atoms with Crippen molar-refractivity contribution < 1.29 is 9.50 Å². The molecule has 7 heteroatoms. The molecule has 4 rings (SSSR count). The number of rotatable bonds is 4. The molecule has 3 aromatic rings. The van der Waals surface area contributed by atoms with E-state index in [4.69, 9.17) is 0 Å². The van der Waals surface area contributed by atoms with E-state index in [1.165, 1.54) is 6.07 Å². The summed E-state index contributed by atoms with van der Waals surface area (Å²) in [6.45, 7) is 7.26. The maximum atomic E-state index is 14.0. The molecule has 0 unspecified atom stereocenters. The highest BCUT2D eigenvalue weighted by molar-refractivity contribution is 5.92. The standard InChI is InChI=1S/C22H26FN5O/c1-13-18(5-4-6-20(13)23)14(2)25-22-19-11-16(28-9-7-17(29)8-10-28)12-24-21(19)15(3)26-27-22/h4-6,11-12,14,17,29H,7-10H2,1-3H3,(H,25,27)/t14-/m1/s1. The van der Waals surface area contributed by atoms with Crippen LogP contribution in [0.25, 0.3) is 10.9 Å². The van der Waals surface area contributed by atoms with Crippen LogP contribution in [-0.2, 0) is 0 Å². The van der Waals surface area contributed by atoms with Gasteiger partial charge >= 0.3 is 0 Å². The summed E-state index contributed by atoms with van der Waals surface area (Å²) in [6.07, 6.45) is 3.15. The summed E-state index contributed by atoms with van der Waals surface area (Å²) >= 11 is 0. The number of hydrogen-bond donors (Lipinski definition) is 2. The number of pyridine rings is 1. The molecule has 1 aliphatic rings. The molecule has 2 aromatic heterocycles. The number of nitrogens with one attached hydrogen (secondary N) is 1. The third kappa shape index (κ3) is 3.87. The van der Waals surface area contributed by atoms with Gasteiger partial charge in [0.2, 0.25) is 0 Å². The minimum atomic E-state index is -0.222. The number of aryl methyl sites for hydroxylation is 1. The molecule has 152 valence electrons. The predicted molar refractivity (Wildman–Crippen MR) is 113 cm³/mol. The Morgan fingerprint density at radius 1 is 1.21 bits per heavy atom. The number of aliphatic hydroxyl groups excluding tert-OH is 1. The Morgan fingerprint density at radius 3 is 2.72 bits per heavy atom. The number of nitrogens with zero attached hydrogens (tertiary/aromatic N) is 4. The first-order chi connectivity index (χ1) is 13.9. The van der Waals surface area contributed by atoms with Gasteiger partial charge in [-0.25, -0.2) is 4.39 Å². The van der Waals surface area contributed by atoms with E-state index in [2.05, 4.69) is 31.5 Å². The van der Waals surface area contributed by atoms with E-state index in [1.807, 2.05) is 26.1 Å². The van der Waals surface area contributed by atoms with E-state index < -0.39 is 0 Å². The quantitative estimate of drug-likeness (QED) is 0.698. The number of aromatic nitrogens is 3. The second kappa shape index (κ2) is 7.91. The Labute approximate surface area is 169 Å². The molecule has 1 saturated heterocycles. The minimum Gasteiger partial charge on any atom is -0.393 e. The van der Waals surface area contributed by atoms with Gasteiger partial charge in [-0.15, -0.1) is 5.10 Å². The lowest BCUT2D eigenvalue weighted by molar-refractivity contribution is 0.145. The number of piperidine rings is 1. The van der Waals surface area contributed by atoms with Crippen molar-refractivity contribution in [1.29, 1.82) is 0 Å². The van der Waals surface area contributed by atoms with Crippen LogP contribution < -0.4 is 10.2 Å². The van der Waals surface area contributed by atoms with Crippen molar-refractivity contribution in [1.82, 2.24) is 15.2 Å². The van der Waals surface area contributed by atoms with E-state index in [1.54, 1.807) is 13.0 Å². The average molecular weight is 395 g/mol. The SMILES string of the molecule is Cc1c(F)cccc1[C@@H](C)Nc1nnc(C)c2ncc(N3CCC(O)CC3)cc12. The maximum Gasteiger partial charge on any atom is 0.158 e. The van der Waals surface area contributed by atoms with Crippen LogP contribution in [0.2, 0.25) is 0 Å². The summed E-state index contributed by atoms with van der Waals surface area (Å²) < 4.78 is 14.0. The van der Waals surface area contributed by atoms with Gasteiger partial charge in [-0.2, -0.15) is 5.10 Å². The van der Waals surface area contributed by atoms with Crippen LogP contribution in [0, 0.1) is 19.7 Å². The molecule has 29 heavy (non-hydrogen) atoms. The number of benzene rings is 1. The third-order valence-corrected chi connectivity index (χ3v) is 5.73. The first kappa shape index (κ1) is 19.5. The van der Waals surface area contributed by atoms with Crippen LogP contribution in [0.5, 0.6) is 0 Å². The third-order valence-electron chi connectivity index (χ3n) is 5.73. The number of anilines is 2. The molecule has 0 spiro atoms. The fraction of sp³-hybridized carbons (Fsp3) is 0.409. The lowest BCUT2D eigenvalue weighted by Gasteiger charge is -2.31. The van der Waals surface area contributed by atoms with Crippen molar-refractivity contribution in [2.24, 2.45) is 0 Å². The van der Waals surface area contributed by atoms with E-state index >= 15 is 0 Å². The number of aliphatic hydroxyl groups is 1. The van der Waals surface area contributed by atoms with Gasteiger partial charge < -0.3 is 15.3 Å². The maximum absolute atomic E-state index is 14.0. The molecule has 2 N–H and O–H groups in total. The van der Waals surface area contributed by atoms with Gasteiger partial charge in [-0.05, 0) is 56.9 Å². The van der Waals surface area contributed by atoms with Crippen LogP contribution >= 0.6 is 0 Å². The number of halogens is 1. The zero-order valence-corrected chi connectivity index (χ0v) is 17.0. The molecule has 0 radical (unpaired) electrons. The van der Waals surface area contributed by atoms with Gasteiger partial charge in [0.15, 0.2) is 5.82 Å². The van der Waals surface area contributed by atoms with Crippen molar-refractivity contribution >= 4 is 22.4 Å². The second-order valence-corrected chi connectivity index (χ2v) is 7.76. The zero-order valence-electron chi connectivity index (χ0n) is 17.0. The number of hydrogen-bond acceptors (Lipinski definition) is 6. The van der Waals surface area contributed by atoms with Crippen LogP contribution in [0.4, 0.5) is 15.9 Å². The van der Waals surface area contributed by atoms with Crippen LogP contribution in [0.1, 0.15) is 42.6 Å². The Morgan fingerprint density at radius 2 is 1.97 bits per heavy atom. The van der Waals surface area contributed by atoms with E-state index in [-0.39, 0.29) is 18.0 Å². The van der Waals surface area contributed by atoms with Crippen molar-refractivity contribution in [2.45, 2.75) is 45.8 Å². The van der Waals surface area contributed by atoms with E-state index in [9.17, 15) is 9.50 Å². The smallest absolute Gasteiger partial charge is 0.158 e. The highest BCUT2D eigenvalue weighted by Crippen LogP contribution is 2.30. The summed E-state index contributed by atoms with van der Waals surface area (Å²) in [5.74, 6) is 0.417. The number of fused-ring (bicyclic) bond motifs is 1. The normalized spacial score (nSPS) is 16.2. The average Bonchev–Trinajstić information content (AvgIpc) is 2.72. The minimum absolute atomic E-state index is 0.139. The Balaban J connectivity index is 1.69. The Hall–Kier alpha value is -2.80. The molecule has 6 nitrogen and oxygen atoms in total. The van der Waals surface area contributed by atoms with Gasteiger partial charge in [-0.3, -0.25) is 4.98 Å². The molecular weight excluding hydrogens is 369 g/mol. The highest BCUT2D eigenvalue weighted by Gasteiger charge is 2.20. The van der Waals surface area contributed by atoms with Crippen molar-refractivity contribution in [2.75, 3.05) is 23.3 Å². The monoisotopic (exact) mass is 395 g/mol. The molecule has 1 aliphatic heterocycles. The van der Waals surface area contributed by atoms with Gasteiger partial charge in [0, 0.05) is 18.5 Å². The van der Waals surface area contributed by atoms with Gasteiger partial charge in [-0.1, -0.05) is 12.1 Å².